The summed E-state index contributed by atoms with van der Waals surface area (Å²) in [4.78, 5) is 52.4. The standard InChI is InChI=1S/C19H37N7O5/c1-10(2)8-13(24-14(27)9-20)16(28)26-15(11(3)4)17(29)25-12(18(30)31)6-5-7-23-19(21)22/h10-13,15H,5-9,20H2,1-4H3,(H,24,27)(H,25,29)(H,26,28)(H,30,31)(H4,21,22,23). The highest BCUT2D eigenvalue weighted by atomic mass is 16.4. The van der Waals surface area contributed by atoms with Gasteiger partial charge in [0.05, 0.1) is 6.54 Å². The molecule has 3 atom stereocenters. The monoisotopic (exact) mass is 443 g/mol. The fourth-order valence-electron chi connectivity index (χ4n) is 2.77. The third kappa shape index (κ3) is 11.8. The molecule has 0 rings (SSSR count). The number of carbonyl (C=O) groups is 4. The number of nitrogens with one attached hydrogen (secondary N) is 3. The third-order valence-corrected chi connectivity index (χ3v) is 4.35. The van der Waals surface area contributed by atoms with E-state index < -0.39 is 41.8 Å². The Bertz CT molecular complexity index is 648. The summed E-state index contributed by atoms with van der Waals surface area (Å²) in [5.41, 5.74) is 15.8. The van der Waals surface area contributed by atoms with Crippen molar-refractivity contribution in [3.8, 4) is 0 Å². The minimum Gasteiger partial charge on any atom is -0.480 e. The Kier molecular flexibility index (Phi) is 12.9. The topological polar surface area (TPSA) is 215 Å². The molecule has 0 aromatic carbocycles. The second kappa shape index (κ2) is 14.2. The van der Waals surface area contributed by atoms with Crippen LogP contribution in [0.15, 0.2) is 4.99 Å². The maximum absolute atomic E-state index is 12.7. The van der Waals surface area contributed by atoms with Crippen LogP contribution in [0.25, 0.3) is 0 Å². The Hall–Kier alpha value is -2.89. The van der Waals surface area contributed by atoms with Gasteiger partial charge < -0.3 is 38.3 Å². The summed E-state index contributed by atoms with van der Waals surface area (Å²) in [6, 6.07) is -3.01. The second-order valence-corrected chi connectivity index (χ2v) is 8.03. The van der Waals surface area contributed by atoms with E-state index in [1.54, 1.807) is 13.8 Å². The van der Waals surface area contributed by atoms with E-state index in [1.807, 2.05) is 13.8 Å². The van der Waals surface area contributed by atoms with Crippen LogP contribution in [0.2, 0.25) is 0 Å². The van der Waals surface area contributed by atoms with Crippen LogP contribution < -0.4 is 33.2 Å². The van der Waals surface area contributed by atoms with Crippen molar-refractivity contribution >= 4 is 29.7 Å². The van der Waals surface area contributed by atoms with Crippen LogP contribution in [0.1, 0.15) is 47.0 Å². The zero-order chi connectivity index (χ0) is 24.1. The van der Waals surface area contributed by atoms with Gasteiger partial charge in [-0.1, -0.05) is 27.7 Å². The van der Waals surface area contributed by atoms with Crippen molar-refractivity contribution in [3.63, 3.8) is 0 Å². The smallest absolute Gasteiger partial charge is 0.326 e. The van der Waals surface area contributed by atoms with Gasteiger partial charge in [0.25, 0.3) is 0 Å². The lowest BCUT2D eigenvalue weighted by Gasteiger charge is -2.27. The van der Waals surface area contributed by atoms with Gasteiger partial charge in [-0.05, 0) is 31.1 Å². The summed E-state index contributed by atoms with van der Waals surface area (Å²) in [5.74, 6) is -3.20. The molecule has 31 heavy (non-hydrogen) atoms. The number of aliphatic imine (C=N–C) groups is 1. The summed E-state index contributed by atoms with van der Waals surface area (Å²) in [6.07, 6.45) is 0.807. The van der Waals surface area contributed by atoms with Crippen LogP contribution in [0.5, 0.6) is 0 Å². The summed E-state index contributed by atoms with van der Waals surface area (Å²) in [6.45, 7) is 7.17. The summed E-state index contributed by atoms with van der Waals surface area (Å²) in [5, 5.41) is 17.0. The molecule has 0 fully saturated rings. The molecule has 0 spiro atoms. The number of guanidine groups is 1. The van der Waals surface area contributed by atoms with Crippen molar-refractivity contribution in [2.24, 2.45) is 34.0 Å². The van der Waals surface area contributed by atoms with Crippen LogP contribution in [0.4, 0.5) is 0 Å². The molecule has 12 heteroatoms. The number of amides is 3. The van der Waals surface area contributed by atoms with E-state index in [4.69, 9.17) is 17.2 Å². The number of carbonyl (C=O) groups excluding carboxylic acids is 3. The minimum atomic E-state index is -1.21. The molecular formula is C19H37N7O5. The average Bonchev–Trinajstić information content (AvgIpc) is 2.66. The average molecular weight is 444 g/mol. The number of aliphatic carboxylic acids is 1. The minimum absolute atomic E-state index is 0.0989. The molecule has 3 amide bonds. The van der Waals surface area contributed by atoms with Crippen molar-refractivity contribution in [1.29, 1.82) is 0 Å². The van der Waals surface area contributed by atoms with Crippen molar-refractivity contribution < 1.29 is 24.3 Å². The first-order chi connectivity index (χ1) is 14.4. The van der Waals surface area contributed by atoms with Crippen LogP contribution >= 0.6 is 0 Å². The van der Waals surface area contributed by atoms with Gasteiger partial charge in [0.1, 0.15) is 18.1 Å². The molecule has 0 bridgehead atoms. The number of nitrogens with two attached hydrogens (primary N) is 3. The highest BCUT2D eigenvalue weighted by Crippen LogP contribution is 2.09. The van der Waals surface area contributed by atoms with E-state index in [0.717, 1.165) is 0 Å². The van der Waals surface area contributed by atoms with Gasteiger partial charge >= 0.3 is 5.97 Å². The molecule has 0 aliphatic carbocycles. The molecule has 12 nitrogen and oxygen atoms in total. The fourth-order valence-corrected chi connectivity index (χ4v) is 2.77. The number of carboxylic acid groups (broad SMARTS) is 1. The van der Waals surface area contributed by atoms with Crippen molar-refractivity contribution in [2.45, 2.75) is 65.1 Å². The Morgan fingerprint density at radius 1 is 0.935 bits per heavy atom. The van der Waals surface area contributed by atoms with Crippen LogP contribution in [0, 0.1) is 11.8 Å². The predicted octanol–water partition coefficient (Wildman–Crippen LogP) is -1.76. The Morgan fingerprint density at radius 3 is 2.00 bits per heavy atom. The van der Waals surface area contributed by atoms with Crippen molar-refractivity contribution in [2.75, 3.05) is 13.1 Å². The van der Waals surface area contributed by atoms with Crippen LogP contribution in [-0.4, -0.2) is 66.0 Å². The Labute approximate surface area is 182 Å². The molecule has 0 saturated heterocycles. The molecule has 0 aliphatic heterocycles. The third-order valence-electron chi connectivity index (χ3n) is 4.35. The number of hydrogen-bond donors (Lipinski definition) is 7. The number of nitrogens with zero attached hydrogens (tertiary/aromatic N) is 1. The zero-order valence-electron chi connectivity index (χ0n) is 18.7. The van der Waals surface area contributed by atoms with E-state index in [9.17, 15) is 24.3 Å². The molecule has 0 heterocycles. The van der Waals surface area contributed by atoms with Gasteiger partial charge in [0.2, 0.25) is 17.7 Å². The van der Waals surface area contributed by atoms with Gasteiger partial charge in [-0.3, -0.25) is 19.4 Å². The summed E-state index contributed by atoms with van der Waals surface area (Å²) in [7, 11) is 0. The first-order valence-electron chi connectivity index (χ1n) is 10.3. The predicted molar refractivity (Wildman–Crippen MR) is 117 cm³/mol. The molecular weight excluding hydrogens is 406 g/mol. The van der Waals surface area contributed by atoms with Gasteiger partial charge in [-0.2, -0.15) is 0 Å². The highest BCUT2D eigenvalue weighted by molar-refractivity contribution is 5.93. The maximum Gasteiger partial charge on any atom is 0.326 e. The molecule has 0 aliphatic rings. The van der Waals surface area contributed by atoms with Gasteiger partial charge in [-0.15, -0.1) is 0 Å². The number of hydrogen-bond acceptors (Lipinski definition) is 6. The Morgan fingerprint density at radius 2 is 1.55 bits per heavy atom. The quantitative estimate of drug-likeness (QED) is 0.0924. The van der Waals surface area contributed by atoms with Gasteiger partial charge in [0, 0.05) is 6.54 Å². The van der Waals surface area contributed by atoms with E-state index >= 15 is 0 Å². The fraction of sp³-hybridized carbons (Fsp3) is 0.737. The second-order valence-electron chi connectivity index (χ2n) is 8.03. The van der Waals surface area contributed by atoms with E-state index in [-0.39, 0.29) is 37.3 Å². The molecule has 0 aromatic heterocycles. The highest BCUT2D eigenvalue weighted by Gasteiger charge is 2.31. The number of carboxylic acids is 1. The molecule has 3 unspecified atom stereocenters. The van der Waals surface area contributed by atoms with Crippen LogP contribution in [-0.2, 0) is 19.2 Å². The molecule has 10 N–H and O–H groups in total. The largest absolute Gasteiger partial charge is 0.480 e. The molecule has 0 radical (unpaired) electrons. The zero-order valence-corrected chi connectivity index (χ0v) is 18.7. The van der Waals surface area contributed by atoms with Crippen molar-refractivity contribution in [3.05, 3.63) is 0 Å². The number of rotatable bonds is 14. The summed E-state index contributed by atoms with van der Waals surface area (Å²) >= 11 is 0. The first-order valence-corrected chi connectivity index (χ1v) is 10.3. The first kappa shape index (κ1) is 28.1. The lowest BCUT2D eigenvalue weighted by Crippen LogP contribution is -2.57. The van der Waals surface area contributed by atoms with Crippen LogP contribution in [0.3, 0.4) is 0 Å². The summed E-state index contributed by atoms with van der Waals surface area (Å²) < 4.78 is 0. The van der Waals surface area contributed by atoms with E-state index in [2.05, 4.69) is 20.9 Å². The normalized spacial score (nSPS) is 13.8. The van der Waals surface area contributed by atoms with Crippen molar-refractivity contribution in [1.82, 2.24) is 16.0 Å². The lowest BCUT2D eigenvalue weighted by molar-refractivity contribution is -0.142. The molecule has 0 saturated carbocycles. The Balaban J connectivity index is 5.21. The SMILES string of the molecule is CC(C)CC(NC(=O)CN)C(=O)NC(C(=O)NC(CCCN=C(N)N)C(=O)O)C(C)C. The molecule has 178 valence electrons. The van der Waals surface area contributed by atoms with Gasteiger partial charge in [0.15, 0.2) is 5.96 Å². The van der Waals surface area contributed by atoms with E-state index in [1.165, 1.54) is 0 Å². The maximum atomic E-state index is 12.7. The lowest BCUT2D eigenvalue weighted by atomic mass is 9.99. The molecule has 0 aromatic rings. The van der Waals surface area contributed by atoms with Gasteiger partial charge in [-0.25, -0.2) is 4.79 Å². The van der Waals surface area contributed by atoms with E-state index in [0.29, 0.717) is 12.8 Å².